The van der Waals surface area contributed by atoms with Crippen LogP contribution in [0.25, 0.3) is 0 Å². The topological polar surface area (TPSA) is 66.4 Å². The highest BCUT2D eigenvalue weighted by Crippen LogP contribution is 2.21. The van der Waals surface area contributed by atoms with Crippen molar-refractivity contribution in [3.8, 4) is 11.8 Å². The number of hydrogen-bond acceptors (Lipinski definition) is 2. The summed E-state index contributed by atoms with van der Waals surface area (Å²) in [6.45, 7) is 0. The molecule has 0 aliphatic carbocycles. The lowest BCUT2D eigenvalue weighted by molar-refractivity contribution is 0.0698. The van der Waals surface area contributed by atoms with E-state index in [1.807, 2.05) is 30.3 Å². The van der Waals surface area contributed by atoms with Gasteiger partial charge in [-0.1, -0.05) is 53.8 Å². The Morgan fingerprint density at radius 1 is 0.815 bits per heavy atom. The van der Waals surface area contributed by atoms with E-state index >= 15 is 0 Å². The van der Waals surface area contributed by atoms with Crippen LogP contribution >= 0.6 is 11.6 Å². The van der Waals surface area contributed by atoms with Crippen molar-refractivity contribution in [1.29, 1.82) is 0 Å². The summed E-state index contributed by atoms with van der Waals surface area (Å²) in [5.74, 6) is 4.41. The fourth-order valence-corrected chi connectivity index (χ4v) is 2.68. The number of benzene rings is 3. The number of carbonyl (C=O) groups excluding carboxylic acids is 1. The maximum atomic E-state index is 12.5. The quantitative estimate of drug-likeness (QED) is 0.652. The second-order valence-corrected chi connectivity index (χ2v) is 6.02. The summed E-state index contributed by atoms with van der Waals surface area (Å²) in [7, 11) is 0. The third-order valence-corrected chi connectivity index (χ3v) is 4.06. The zero-order valence-electron chi connectivity index (χ0n) is 14.1. The van der Waals surface area contributed by atoms with Crippen molar-refractivity contribution in [2.24, 2.45) is 0 Å². The minimum Gasteiger partial charge on any atom is -0.478 e. The fraction of sp³-hybridized carbons (Fsp3) is 0. The minimum absolute atomic E-state index is 0.00678. The number of rotatable bonds is 3. The number of carboxylic acid groups (broad SMARTS) is 1. The van der Waals surface area contributed by atoms with Gasteiger partial charge in [0.25, 0.3) is 5.91 Å². The number of nitrogens with one attached hydrogen (secondary N) is 1. The standard InChI is InChI=1S/C22H14ClNO3/c23-19-14-16(11-10-15-6-2-1-3-7-15)12-13-17(19)21(25)24-20-9-5-4-8-18(20)22(26)27/h1-9,12-14H,(H,24,25)(H,26,27). The molecule has 0 fully saturated rings. The lowest BCUT2D eigenvalue weighted by Crippen LogP contribution is -2.15. The summed E-state index contributed by atoms with van der Waals surface area (Å²) in [6, 6.07) is 20.6. The highest BCUT2D eigenvalue weighted by Gasteiger charge is 2.15. The molecule has 0 radical (unpaired) electrons. The average Bonchev–Trinajstić information content (AvgIpc) is 2.67. The van der Waals surface area contributed by atoms with Gasteiger partial charge in [0.05, 0.1) is 21.8 Å². The van der Waals surface area contributed by atoms with Crippen molar-refractivity contribution in [3.05, 3.63) is 100 Å². The molecule has 0 saturated heterocycles. The first-order valence-electron chi connectivity index (χ1n) is 8.05. The molecule has 0 saturated carbocycles. The highest BCUT2D eigenvalue weighted by molar-refractivity contribution is 6.34. The molecule has 3 rings (SSSR count). The molecule has 27 heavy (non-hydrogen) atoms. The van der Waals surface area contributed by atoms with Crippen LogP contribution in [0.3, 0.4) is 0 Å². The largest absolute Gasteiger partial charge is 0.478 e. The van der Waals surface area contributed by atoms with Crippen molar-refractivity contribution < 1.29 is 14.7 Å². The van der Waals surface area contributed by atoms with E-state index < -0.39 is 11.9 Å². The van der Waals surface area contributed by atoms with Crippen LogP contribution in [-0.2, 0) is 0 Å². The molecule has 0 aliphatic rings. The molecule has 0 aromatic heterocycles. The molecule has 0 aliphatic heterocycles. The van der Waals surface area contributed by atoms with E-state index in [-0.39, 0.29) is 21.8 Å². The summed E-state index contributed by atoms with van der Waals surface area (Å²) in [5.41, 5.74) is 2.00. The summed E-state index contributed by atoms with van der Waals surface area (Å²) in [6.07, 6.45) is 0. The van der Waals surface area contributed by atoms with E-state index in [9.17, 15) is 14.7 Å². The van der Waals surface area contributed by atoms with Gasteiger partial charge in [-0.25, -0.2) is 4.79 Å². The number of hydrogen-bond donors (Lipinski definition) is 2. The van der Waals surface area contributed by atoms with Gasteiger partial charge in [-0.15, -0.1) is 0 Å². The summed E-state index contributed by atoms with van der Waals surface area (Å²) in [4.78, 5) is 23.7. The van der Waals surface area contributed by atoms with Crippen LogP contribution in [0.2, 0.25) is 5.02 Å². The summed E-state index contributed by atoms with van der Waals surface area (Å²) < 4.78 is 0. The lowest BCUT2D eigenvalue weighted by Gasteiger charge is -2.09. The second-order valence-electron chi connectivity index (χ2n) is 5.62. The van der Waals surface area contributed by atoms with Crippen LogP contribution < -0.4 is 5.32 Å². The van der Waals surface area contributed by atoms with Crippen molar-refractivity contribution in [2.45, 2.75) is 0 Å². The maximum Gasteiger partial charge on any atom is 0.337 e. The first-order chi connectivity index (χ1) is 13.0. The Morgan fingerprint density at radius 2 is 1.48 bits per heavy atom. The molecular formula is C22H14ClNO3. The predicted octanol–water partition coefficient (Wildman–Crippen LogP) is 4.69. The Morgan fingerprint density at radius 3 is 2.19 bits per heavy atom. The van der Waals surface area contributed by atoms with E-state index in [4.69, 9.17) is 11.6 Å². The molecule has 1 amide bonds. The van der Waals surface area contributed by atoms with E-state index in [1.54, 1.807) is 30.3 Å². The van der Waals surface area contributed by atoms with E-state index in [0.29, 0.717) is 5.56 Å². The Kier molecular flexibility index (Phi) is 5.55. The number of aromatic carboxylic acids is 1. The van der Waals surface area contributed by atoms with Gasteiger partial charge in [-0.3, -0.25) is 4.79 Å². The number of halogens is 1. The van der Waals surface area contributed by atoms with Gasteiger partial charge in [-0.2, -0.15) is 0 Å². The van der Waals surface area contributed by atoms with Gasteiger partial charge < -0.3 is 10.4 Å². The molecule has 2 N–H and O–H groups in total. The molecule has 0 bridgehead atoms. The Balaban J connectivity index is 1.81. The zero-order valence-corrected chi connectivity index (χ0v) is 14.8. The Labute approximate surface area is 161 Å². The Hall–Kier alpha value is -3.55. The van der Waals surface area contributed by atoms with Crippen LogP contribution in [0, 0.1) is 11.8 Å². The van der Waals surface area contributed by atoms with Crippen molar-refractivity contribution in [2.75, 3.05) is 5.32 Å². The SMILES string of the molecule is O=C(Nc1ccccc1C(=O)O)c1ccc(C#Cc2ccccc2)cc1Cl. The number of carboxylic acids is 1. The van der Waals surface area contributed by atoms with Crippen LogP contribution in [0.15, 0.2) is 72.8 Å². The van der Waals surface area contributed by atoms with Crippen LogP contribution in [0.4, 0.5) is 5.69 Å². The van der Waals surface area contributed by atoms with Crippen LogP contribution in [0.5, 0.6) is 0 Å². The van der Waals surface area contributed by atoms with Gasteiger partial charge in [0.2, 0.25) is 0 Å². The Bertz CT molecular complexity index is 1070. The smallest absolute Gasteiger partial charge is 0.337 e. The fourth-order valence-electron chi connectivity index (χ4n) is 2.41. The number of para-hydroxylation sites is 1. The molecule has 0 unspecified atom stereocenters. The first kappa shape index (κ1) is 18.2. The van der Waals surface area contributed by atoms with Gasteiger partial charge in [-0.05, 0) is 42.5 Å². The highest BCUT2D eigenvalue weighted by atomic mass is 35.5. The molecule has 0 heterocycles. The number of carbonyl (C=O) groups is 2. The molecule has 132 valence electrons. The summed E-state index contributed by atoms with van der Waals surface area (Å²) in [5, 5.41) is 12.0. The van der Waals surface area contributed by atoms with Crippen molar-refractivity contribution in [3.63, 3.8) is 0 Å². The molecule has 4 nitrogen and oxygen atoms in total. The lowest BCUT2D eigenvalue weighted by atomic mass is 10.1. The second kappa shape index (κ2) is 8.22. The van der Waals surface area contributed by atoms with E-state index in [0.717, 1.165) is 5.56 Å². The summed E-state index contributed by atoms with van der Waals surface area (Å²) >= 11 is 6.23. The monoisotopic (exact) mass is 375 g/mol. The van der Waals surface area contributed by atoms with Gasteiger partial charge >= 0.3 is 5.97 Å². The molecule has 3 aromatic rings. The van der Waals surface area contributed by atoms with Gasteiger partial charge in [0.15, 0.2) is 0 Å². The van der Waals surface area contributed by atoms with E-state index in [1.165, 1.54) is 12.1 Å². The predicted molar refractivity (Wildman–Crippen MR) is 105 cm³/mol. The van der Waals surface area contributed by atoms with Crippen LogP contribution in [0.1, 0.15) is 31.8 Å². The molecule has 0 atom stereocenters. The number of amides is 1. The zero-order chi connectivity index (χ0) is 19.2. The molecule has 5 heteroatoms. The molecular weight excluding hydrogens is 362 g/mol. The third kappa shape index (κ3) is 4.55. The average molecular weight is 376 g/mol. The van der Waals surface area contributed by atoms with Gasteiger partial charge in [0, 0.05) is 11.1 Å². The minimum atomic E-state index is -1.12. The normalized spacial score (nSPS) is 9.81. The van der Waals surface area contributed by atoms with Crippen LogP contribution in [-0.4, -0.2) is 17.0 Å². The first-order valence-corrected chi connectivity index (χ1v) is 8.42. The third-order valence-electron chi connectivity index (χ3n) is 3.74. The van der Waals surface area contributed by atoms with E-state index in [2.05, 4.69) is 17.2 Å². The maximum absolute atomic E-state index is 12.5. The molecule has 0 spiro atoms. The van der Waals surface area contributed by atoms with Crippen molar-refractivity contribution >= 4 is 29.2 Å². The molecule has 3 aromatic carbocycles. The number of anilines is 1. The van der Waals surface area contributed by atoms with Crippen molar-refractivity contribution in [1.82, 2.24) is 0 Å². The van der Waals surface area contributed by atoms with Gasteiger partial charge in [0.1, 0.15) is 0 Å².